The van der Waals surface area contributed by atoms with Crippen LogP contribution in [0.5, 0.6) is 0 Å². The highest BCUT2D eigenvalue weighted by molar-refractivity contribution is 5.24. The molecular weight excluding hydrogens is 260 g/mol. The van der Waals surface area contributed by atoms with Crippen molar-refractivity contribution in [2.45, 2.75) is 51.2 Å². The van der Waals surface area contributed by atoms with E-state index in [4.69, 9.17) is 4.74 Å². The molecule has 0 aromatic heterocycles. The Balaban J connectivity index is 2.30. The minimum Gasteiger partial charge on any atom is -0.373 e. The van der Waals surface area contributed by atoms with Crippen LogP contribution in [0.15, 0.2) is 18.2 Å². The van der Waals surface area contributed by atoms with Gasteiger partial charge in [0.2, 0.25) is 0 Å². The zero-order valence-electron chi connectivity index (χ0n) is 12.2. The van der Waals surface area contributed by atoms with E-state index in [-0.39, 0.29) is 6.04 Å². The summed E-state index contributed by atoms with van der Waals surface area (Å²) in [5.74, 6) is -1.08. The maximum absolute atomic E-state index is 13.5. The number of halogens is 2. The monoisotopic (exact) mass is 283 g/mol. The first-order chi connectivity index (χ1) is 9.55. The highest BCUT2D eigenvalue weighted by atomic mass is 19.1. The molecule has 4 heteroatoms. The highest BCUT2D eigenvalue weighted by Crippen LogP contribution is 2.37. The molecule has 0 amide bonds. The molecule has 20 heavy (non-hydrogen) atoms. The minimum atomic E-state index is -0.539. The van der Waals surface area contributed by atoms with E-state index in [0.717, 1.165) is 38.3 Å². The third-order valence-electron chi connectivity index (χ3n) is 3.93. The minimum absolute atomic E-state index is 0.187. The number of ether oxygens (including phenoxy) is 1. The van der Waals surface area contributed by atoms with E-state index in [1.54, 1.807) is 0 Å². The Morgan fingerprint density at radius 3 is 2.50 bits per heavy atom. The lowest BCUT2D eigenvalue weighted by atomic mass is 9.84. The summed E-state index contributed by atoms with van der Waals surface area (Å²) in [5, 5.41) is 3.39. The van der Waals surface area contributed by atoms with Crippen LogP contribution in [0.25, 0.3) is 0 Å². The molecule has 1 aromatic carbocycles. The van der Waals surface area contributed by atoms with E-state index in [2.05, 4.69) is 12.2 Å². The molecule has 1 aliphatic heterocycles. The van der Waals surface area contributed by atoms with Crippen molar-refractivity contribution >= 4 is 0 Å². The third-order valence-corrected chi connectivity index (χ3v) is 3.93. The molecule has 0 spiro atoms. The predicted molar refractivity (Wildman–Crippen MR) is 75.6 cm³/mol. The van der Waals surface area contributed by atoms with E-state index >= 15 is 0 Å². The van der Waals surface area contributed by atoms with Crippen molar-refractivity contribution < 1.29 is 13.5 Å². The van der Waals surface area contributed by atoms with E-state index in [1.807, 2.05) is 6.92 Å². The van der Waals surface area contributed by atoms with E-state index < -0.39 is 17.2 Å². The number of hydrogen-bond donors (Lipinski definition) is 1. The van der Waals surface area contributed by atoms with E-state index in [9.17, 15) is 8.78 Å². The average molecular weight is 283 g/mol. The van der Waals surface area contributed by atoms with Crippen molar-refractivity contribution in [3.05, 3.63) is 35.4 Å². The van der Waals surface area contributed by atoms with Gasteiger partial charge in [0.15, 0.2) is 0 Å². The zero-order chi connectivity index (χ0) is 14.6. The first-order valence-corrected chi connectivity index (χ1v) is 7.38. The Bertz CT molecular complexity index is 424. The second-order valence-electron chi connectivity index (χ2n) is 5.71. The lowest BCUT2D eigenvalue weighted by Crippen LogP contribution is -2.46. The van der Waals surface area contributed by atoms with Crippen molar-refractivity contribution in [1.82, 2.24) is 5.32 Å². The van der Waals surface area contributed by atoms with Gasteiger partial charge in [0.25, 0.3) is 0 Å². The lowest BCUT2D eigenvalue weighted by molar-refractivity contribution is -0.0898. The molecule has 1 aliphatic rings. The maximum Gasteiger partial charge on any atom is 0.126 e. The fourth-order valence-corrected chi connectivity index (χ4v) is 2.90. The molecule has 1 aromatic rings. The highest BCUT2D eigenvalue weighted by Gasteiger charge is 2.37. The van der Waals surface area contributed by atoms with Crippen LogP contribution in [0.1, 0.15) is 51.1 Å². The fraction of sp³-hybridized carbons (Fsp3) is 0.625. The molecule has 2 rings (SSSR count). The zero-order valence-corrected chi connectivity index (χ0v) is 12.2. The van der Waals surface area contributed by atoms with Gasteiger partial charge in [-0.2, -0.15) is 0 Å². The Morgan fingerprint density at radius 1 is 1.25 bits per heavy atom. The second kappa shape index (κ2) is 6.64. The van der Waals surface area contributed by atoms with Crippen LogP contribution in [-0.2, 0) is 4.74 Å². The molecule has 0 aliphatic carbocycles. The van der Waals surface area contributed by atoms with Gasteiger partial charge < -0.3 is 10.1 Å². The van der Waals surface area contributed by atoms with E-state index in [1.165, 1.54) is 12.1 Å². The first kappa shape index (κ1) is 15.4. The molecule has 112 valence electrons. The van der Waals surface area contributed by atoms with Gasteiger partial charge in [-0.1, -0.05) is 6.92 Å². The molecule has 2 atom stereocenters. The Kier molecular flexibility index (Phi) is 5.11. The summed E-state index contributed by atoms with van der Waals surface area (Å²) in [4.78, 5) is 0. The van der Waals surface area contributed by atoms with Crippen molar-refractivity contribution in [3.63, 3.8) is 0 Å². The van der Waals surface area contributed by atoms with Crippen LogP contribution in [0.3, 0.4) is 0 Å². The summed E-state index contributed by atoms with van der Waals surface area (Å²) in [6.45, 7) is 5.60. The van der Waals surface area contributed by atoms with Gasteiger partial charge in [-0.25, -0.2) is 8.78 Å². The van der Waals surface area contributed by atoms with Gasteiger partial charge in [-0.05, 0) is 56.8 Å². The summed E-state index contributed by atoms with van der Waals surface area (Å²) in [6, 6.07) is 3.52. The van der Waals surface area contributed by atoms with Crippen molar-refractivity contribution in [1.29, 1.82) is 0 Å². The summed E-state index contributed by atoms with van der Waals surface area (Å²) in [5.41, 5.74) is 0.216. The molecule has 1 N–H and O–H groups in total. The SMILES string of the molecule is CCCNC(c1cc(F)cc(F)c1)C1(C)CCCCO1. The molecule has 1 fully saturated rings. The number of benzene rings is 1. The van der Waals surface area contributed by atoms with Crippen LogP contribution >= 0.6 is 0 Å². The van der Waals surface area contributed by atoms with Gasteiger partial charge >= 0.3 is 0 Å². The topological polar surface area (TPSA) is 21.3 Å². The normalized spacial score (nSPS) is 24.6. The lowest BCUT2D eigenvalue weighted by Gasteiger charge is -2.41. The number of hydrogen-bond acceptors (Lipinski definition) is 2. The predicted octanol–water partition coefficient (Wildman–Crippen LogP) is 3.96. The molecule has 0 saturated carbocycles. The standard InChI is InChI=1S/C16H23F2NO/c1-3-7-19-15(16(2)6-4-5-8-20-16)12-9-13(17)11-14(18)10-12/h9-11,15,19H,3-8H2,1-2H3. The summed E-state index contributed by atoms with van der Waals surface area (Å²) in [7, 11) is 0. The summed E-state index contributed by atoms with van der Waals surface area (Å²) in [6.07, 6.45) is 3.99. The third kappa shape index (κ3) is 3.55. The van der Waals surface area contributed by atoms with Crippen LogP contribution in [0.4, 0.5) is 8.78 Å². The van der Waals surface area contributed by atoms with Crippen LogP contribution in [0.2, 0.25) is 0 Å². The molecule has 2 nitrogen and oxygen atoms in total. The molecule has 1 saturated heterocycles. The molecule has 2 unspecified atom stereocenters. The van der Waals surface area contributed by atoms with Gasteiger partial charge in [-0.3, -0.25) is 0 Å². The van der Waals surface area contributed by atoms with Crippen molar-refractivity contribution in [2.75, 3.05) is 13.2 Å². The molecule has 0 radical (unpaired) electrons. The first-order valence-electron chi connectivity index (χ1n) is 7.38. The Hall–Kier alpha value is -1.00. The van der Waals surface area contributed by atoms with Crippen molar-refractivity contribution in [3.8, 4) is 0 Å². The van der Waals surface area contributed by atoms with Gasteiger partial charge in [0, 0.05) is 12.7 Å². The summed E-state index contributed by atoms with van der Waals surface area (Å²) >= 11 is 0. The maximum atomic E-state index is 13.5. The Labute approximate surface area is 119 Å². The smallest absolute Gasteiger partial charge is 0.126 e. The second-order valence-corrected chi connectivity index (χ2v) is 5.71. The number of rotatable bonds is 5. The summed E-state index contributed by atoms with van der Waals surface area (Å²) < 4.78 is 32.9. The molecular formula is C16H23F2NO. The molecule has 1 heterocycles. The van der Waals surface area contributed by atoms with Crippen LogP contribution < -0.4 is 5.32 Å². The van der Waals surface area contributed by atoms with Crippen LogP contribution in [-0.4, -0.2) is 18.8 Å². The quantitative estimate of drug-likeness (QED) is 0.883. The average Bonchev–Trinajstić information content (AvgIpc) is 2.38. The number of nitrogens with one attached hydrogen (secondary N) is 1. The largest absolute Gasteiger partial charge is 0.373 e. The van der Waals surface area contributed by atoms with Crippen LogP contribution in [0, 0.1) is 11.6 Å². The van der Waals surface area contributed by atoms with Gasteiger partial charge in [-0.15, -0.1) is 0 Å². The van der Waals surface area contributed by atoms with E-state index in [0.29, 0.717) is 12.2 Å². The Morgan fingerprint density at radius 2 is 1.95 bits per heavy atom. The van der Waals surface area contributed by atoms with Gasteiger partial charge in [0.1, 0.15) is 11.6 Å². The molecule has 0 bridgehead atoms. The van der Waals surface area contributed by atoms with Crippen molar-refractivity contribution in [2.24, 2.45) is 0 Å². The fourth-order valence-electron chi connectivity index (χ4n) is 2.90. The van der Waals surface area contributed by atoms with Gasteiger partial charge in [0.05, 0.1) is 11.6 Å².